The summed E-state index contributed by atoms with van der Waals surface area (Å²) < 4.78 is 38.6. The molecule has 10 heteroatoms. The van der Waals surface area contributed by atoms with E-state index in [1.165, 1.54) is 0 Å². The average Bonchev–Trinajstić information content (AvgIpc) is 2.46. The van der Waals surface area contributed by atoms with Crippen LogP contribution in [0, 0.1) is 20.2 Å². The molecule has 0 aliphatic heterocycles. The van der Waals surface area contributed by atoms with Gasteiger partial charge in [-0.15, -0.1) is 0 Å². The molecule has 1 aromatic rings. The van der Waals surface area contributed by atoms with Crippen molar-refractivity contribution in [1.82, 2.24) is 4.90 Å². The number of halogens is 3. The first-order chi connectivity index (χ1) is 11.1. The Morgan fingerprint density at radius 3 is 1.71 bits per heavy atom. The molecule has 0 aromatic heterocycles. The maximum absolute atomic E-state index is 12.9. The molecule has 7 nitrogen and oxygen atoms in total. The molecule has 24 heavy (non-hydrogen) atoms. The van der Waals surface area contributed by atoms with Gasteiger partial charge in [-0.1, -0.05) is 13.8 Å². The van der Waals surface area contributed by atoms with Crippen LogP contribution in [0.3, 0.4) is 0 Å². The van der Waals surface area contributed by atoms with Crippen LogP contribution in [0.2, 0.25) is 0 Å². The summed E-state index contributed by atoms with van der Waals surface area (Å²) >= 11 is 0. The molecule has 0 bridgehead atoms. The van der Waals surface area contributed by atoms with E-state index in [0.29, 0.717) is 38.1 Å². The minimum Gasteiger partial charge on any atom is -0.299 e. The van der Waals surface area contributed by atoms with Crippen LogP contribution in [0.25, 0.3) is 0 Å². The Balaban J connectivity index is 3.49. The summed E-state index contributed by atoms with van der Waals surface area (Å²) in [5.41, 5.74) is -3.47. The Labute approximate surface area is 136 Å². The lowest BCUT2D eigenvalue weighted by molar-refractivity contribution is -0.396. The Hall–Kier alpha value is -2.23. The van der Waals surface area contributed by atoms with Crippen molar-refractivity contribution in [2.45, 2.75) is 39.4 Å². The second kappa shape index (κ2) is 8.04. The molecular weight excluding hydrogens is 331 g/mol. The fourth-order valence-corrected chi connectivity index (χ4v) is 2.42. The average molecular weight is 349 g/mol. The largest absolute Gasteiger partial charge is 0.416 e. The maximum Gasteiger partial charge on any atom is 0.416 e. The summed E-state index contributed by atoms with van der Waals surface area (Å²) in [5.74, 6) is 0. The lowest BCUT2D eigenvalue weighted by atomic mass is 10.0. The van der Waals surface area contributed by atoms with Crippen molar-refractivity contribution in [3.8, 4) is 0 Å². The molecule has 0 fully saturated rings. The van der Waals surface area contributed by atoms with Crippen molar-refractivity contribution in [3.63, 3.8) is 0 Å². The van der Waals surface area contributed by atoms with E-state index in [9.17, 15) is 33.4 Å². The molecule has 134 valence electrons. The minimum atomic E-state index is -4.90. The zero-order chi connectivity index (χ0) is 18.5. The first kappa shape index (κ1) is 19.8. The van der Waals surface area contributed by atoms with Crippen molar-refractivity contribution in [2.24, 2.45) is 0 Å². The highest BCUT2D eigenvalue weighted by atomic mass is 19.4. The topological polar surface area (TPSA) is 89.5 Å². The Morgan fingerprint density at radius 1 is 1.00 bits per heavy atom. The molecule has 0 spiro atoms. The highest BCUT2D eigenvalue weighted by molar-refractivity contribution is 5.57. The van der Waals surface area contributed by atoms with Gasteiger partial charge in [-0.05, 0) is 25.9 Å². The number of benzene rings is 1. The molecule has 0 heterocycles. The summed E-state index contributed by atoms with van der Waals surface area (Å²) in [6.45, 7) is 4.66. The van der Waals surface area contributed by atoms with Crippen molar-refractivity contribution >= 4 is 11.4 Å². The van der Waals surface area contributed by atoms with E-state index in [4.69, 9.17) is 0 Å². The highest BCUT2D eigenvalue weighted by Gasteiger charge is 2.37. The third kappa shape index (κ3) is 4.88. The second-order valence-corrected chi connectivity index (χ2v) is 5.28. The van der Waals surface area contributed by atoms with E-state index in [1.54, 1.807) is 4.90 Å². The van der Waals surface area contributed by atoms with Gasteiger partial charge in [0.05, 0.1) is 15.4 Å². The van der Waals surface area contributed by atoms with Crippen molar-refractivity contribution in [2.75, 3.05) is 13.1 Å². The summed E-state index contributed by atoms with van der Waals surface area (Å²) in [5, 5.41) is 22.3. The van der Waals surface area contributed by atoms with Crippen LogP contribution in [0.5, 0.6) is 0 Å². The Morgan fingerprint density at radius 2 is 1.42 bits per heavy atom. The van der Waals surface area contributed by atoms with Gasteiger partial charge >= 0.3 is 6.18 Å². The van der Waals surface area contributed by atoms with Gasteiger partial charge in [-0.3, -0.25) is 25.1 Å². The molecule has 0 unspecified atom stereocenters. The first-order valence-corrected chi connectivity index (χ1v) is 7.37. The van der Waals surface area contributed by atoms with Gasteiger partial charge in [0.15, 0.2) is 0 Å². The number of nitrogens with zero attached hydrogens (tertiary/aromatic N) is 3. The van der Waals surface area contributed by atoms with Crippen molar-refractivity contribution in [3.05, 3.63) is 43.5 Å². The van der Waals surface area contributed by atoms with Gasteiger partial charge in [0, 0.05) is 18.7 Å². The first-order valence-electron chi connectivity index (χ1n) is 7.37. The molecule has 0 saturated heterocycles. The van der Waals surface area contributed by atoms with Crippen LogP contribution in [0.4, 0.5) is 24.5 Å². The molecular formula is C14H18F3N3O4. The zero-order valence-electron chi connectivity index (χ0n) is 13.3. The van der Waals surface area contributed by atoms with Crippen LogP contribution in [-0.4, -0.2) is 27.8 Å². The molecule has 0 saturated carbocycles. The van der Waals surface area contributed by atoms with E-state index >= 15 is 0 Å². The second-order valence-electron chi connectivity index (χ2n) is 5.28. The van der Waals surface area contributed by atoms with Gasteiger partial charge < -0.3 is 0 Å². The van der Waals surface area contributed by atoms with Gasteiger partial charge in [0.2, 0.25) is 0 Å². The maximum atomic E-state index is 12.9. The number of hydrogen-bond donors (Lipinski definition) is 0. The predicted molar refractivity (Wildman–Crippen MR) is 80.6 cm³/mol. The quantitative estimate of drug-likeness (QED) is 0.520. The smallest absolute Gasteiger partial charge is 0.299 e. The molecule has 0 atom stereocenters. The molecule has 0 aliphatic rings. The van der Waals surface area contributed by atoms with Crippen LogP contribution in [0.15, 0.2) is 12.1 Å². The number of nitro groups is 2. The van der Waals surface area contributed by atoms with E-state index in [0.717, 1.165) is 0 Å². The summed E-state index contributed by atoms with van der Waals surface area (Å²) in [4.78, 5) is 22.1. The fraction of sp³-hybridized carbons (Fsp3) is 0.571. The predicted octanol–water partition coefficient (Wildman–Crippen LogP) is 4.14. The monoisotopic (exact) mass is 349 g/mol. The van der Waals surface area contributed by atoms with E-state index in [-0.39, 0.29) is 12.1 Å². The summed E-state index contributed by atoms with van der Waals surface area (Å²) in [7, 11) is 0. The Bertz CT molecular complexity index is 579. The van der Waals surface area contributed by atoms with Crippen LogP contribution in [0.1, 0.15) is 37.8 Å². The van der Waals surface area contributed by atoms with E-state index in [2.05, 4.69) is 0 Å². The minimum absolute atomic E-state index is 0.146. The fourth-order valence-electron chi connectivity index (χ4n) is 2.42. The van der Waals surface area contributed by atoms with E-state index in [1.807, 2.05) is 13.8 Å². The number of nitro benzene ring substituents is 2. The summed E-state index contributed by atoms with van der Waals surface area (Å²) in [6, 6.07) is 0.719. The number of hydrogen-bond acceptors (Lipinski definition) is 5. The van der Waals surface area contributed by atoms with E-state index < -0.39 is 33.0 Å². The molecule has 1 rings (SSSR count). The third-order valence-electron chi connectivity index (χ3n) is 3.38. The highest BCUT2D eigenvalue weighted by Crippen LogP contribution is 2.38. The summed E-state index contributed by atoms with van der Waals surface area (Å²) in [6.07, 6.45) is -3.48. The zero-order valence-corrected chi connectivity index (χ0v) is 13.3. The molecule has 1 aromatic carbocycles. The standard InChI is InChI=1S/C14H18F3N3O4/c1-3-5-18(6-4-2)9-11-12(19(21)22)7-10(14(15,16)17)8-13(11)20(23)24/h7-8H,3-6,9H2,1-2H3. The normalized spacial score (nSPS) is 11.8. The van der Waals surface area contributed by atoms with Gasteiger partial charge in [-0.25, -0.2) is 0 Å². The van der Waals surface area contributed by atoms with Crippen LogP contribution < -0.4 is 0 Å². The third-order valence-corrected chi connectivity index (χ3v) is 3.38. The number of rotatable bonds is 8. The van der Waals surface area contributed by atoms with Gasteiger partial charge in [0.25, 0.3) is 11.4 Å². The molecule has 0 amide bonds. The Kier molecular flexibility index (Phi) is 6.64. The number of alkyl halides is 3. The SMILES string of the molecule is CCCN(CCC)Cc1c([N+](=O)[O-])cc(C(F)(F)F)cc1[N+](=O)[O-]. The lowest BCUT2D eigenvalue weighted by Gasteiger charge is -2.21. The van der Waals surface area contributed by atoms with Crippen LogP contribution >= 0.6 is 0 Å². The van der Waals surface area contributed by atoms with Gasteiger partial charge in [-0.2, -0.15) is 13.2 Å². The van der Waals surface area contributed by atoms with Crippen molar-refractivity contribution < 1.29 is 23.0 Å². The lowest BCUT2D eigenvalue weighted by Crippen LogP contribution is -2.26. The van der Waals surface area contributed by atoms with Gasteiger partial charge in [0.1, 0.15) is 5.56 Å². The van der Waals surface area contributed by atoms with Crippen molar-refractivity contribution in [1.29, 1.82) is 0 Å². The molecule has 0 N–H and O–H groups in total. The molecule has 0 aliphatic carbocycles. The molecule has 0 radical (unpaired) electrons. The van der Waals surface area contributed by atoms with Crippen LogP contribution in [-0.2, 0) is 12.7 Å².